The van der Waals surface area contributed by atoms with Crippen LogP contribution in [0.25, 0.3) is 0 Å². The normalized spacial score (nSPS) is 13.0. The number of carboxylic acids is 1. The number of nitro groups is 1. The molecule has 1 aromatic rings. The van der Waals surface area contributed by atoms with E-state index >= 15 is 0 Å². The minimum Gasteiger partial charge on any atom is -0.478 e. The van der Waals surface area contributed by atoms with Crippen molar-refractivity contribution in [2.75, 3.05) is 0 Å². The van der Waals surface area contributed by atoms with Crippen molar-refractivity contribution in [3.05, 3.63) is 39.9 Å². The van der Waals surface area contributed by atoms with Crippen LogP contribution in [0.3, 0.4) is 0 Å². The zero-order chi connectivity index (χ0) is 16.6. The monoisotopic (exact) mass is 297 g/mol. The first-order chi connectivity index (χ1) is 9.59. The first-order valence-corrected chi connectivity index (χ1v) is 6.79. The molecule has 0 aliphatic heterocycles. The number of nitrogens with zero attached hydrogens (tertiary/aromatic N) is 1. The summed E-state index contributed by atoms with van der Waals surface area (Å²) < 4.78 is 0. The summed E-state index contributed by atoms with van der Waals surface area (Å²) in [5, 5.41) is 28.1. The van der Waals surface area contributed by atoms with Gasteiger partial charge in [0.15, 0.2) is 0 Å². The topological polar surface area (TPSA) is 101 Å². The largest absolute Gasteiger partial charge is 0.478 e. The third-order valence-corrected chi connectivity index (χ3v) is 2.93. The van der Waals surface area contributed by atoms with Crippen molar-refractivity contribution in [1.82, 2.24) is 0 Å². The number of carbonyl (C=O) groups is 1. The van der Waals surface area contributed by atoms with Gasteiger partial charge in [0.1, 0.15) is 0 Å². The summed E-state index contributed by atoms with van der Waals surface area (Å²) in [5.41, 5.74) is -0.505. The fraction of sp³-hybridized carbons (Fsp3) is 0.533. The summed E-state index contributed by atoms with van der Waals surface area (Å²) in [6.07, 6.45) is 1.76. The summed E-state index contributed by atoms with van der Waals surface area (Å²) in [5.74, 6) is -0.496. The molecule has 0 fully saturated rings. The van der Waals surface area contributed by atoms with Gasteiger partial charge in [-0.3, -0.25) is 10.1 Å². The molecule has 0 heterocycles. The molecule has 0 aromatic heterocycles. The molecule has 21 heavy (non-hydrogen) atoms. The molecule has 0 spiro atoms. The molecule has 118 valence electrons. The van der Waals surface area contributed by atoms with Gasteiger partial charge < -0.3 is 10.2 Å². The number of aliphatic hydroxyl groups is 1. The van der Waals surface area contributed by atoms with Gasteiger partial charge in [0.25, 0.3) is 5.69 Å². The van der Waals surface area contributed by atoms with Crippen molar-refractivity contribution < 1.29 is 19.9 Å². The number of rotatable bonds is 5. The molecule has 1 rings (SSSR count). The Balaban J connectivity index is 0.000000400. The Morgan fingerprint density at radius 2 is 1.81 bits per heavy atom. The summed E-state index contributed by atoms with van der Waals surface area (Å²) in [6, 6.07) is 4.70. The molecule has 0 bridgehead atoms. The van der Waals surface area contributed by atoms with Gasteiger partial charge >= 0.3 is 5.97 Å². The van der Waals surface area contributed by atoms with Crippen molar-refractivity contribution in [1.29, 1.82) is 0 Å². The lowest BCUT2D eigenvalue weighted by Gasteiger charge is -2.22. The van der Waals surface area contributed by atoms with Gasteiger partial charge in [-0.15, -0.1) is 0 Å². The molecule has 6 heteroatoms. The fourth-order valence-corrected chi connectivity index (χ4v) is 1.75. The highest BCUT2D eigenvalue weighted by molar-refractivity contribution is 5.87. The molecule has 0 amide bonds. The number of non-ortho nitro benzene ring substituents is 1. The smallest absolute Gasteiger partial charge is 0.335 e. The summed E-state index contributed by atoms with van der Waals surface area (Å²) >= 11 is 0. The average Bonchev–Trinajstić information content (AvgIpc) is 2.38. The van der Waals surface area contributed by atoms with E-state index in [4.69, 9.17) is 5.11 Å². The van der Waals surface area contributed by atoms with Crippen molar-refractivity contribution in [3.8, 4) is 0 Å². The van der Waals surface area contributed by atoms with E-state index in [0.29, 0.717) is 5.92 Å². The maximum Gasteiger partial charge on any atom is 0.335 e. The van der Waals surface area contributed by atoms with Crippen LogP contribution < -0.4 is 0 Å². The van der Waals surface area contributed by atoms with Crippen LogP contribution in [0.4, 0.5) is 5.69 Å². The maximum atomic E-state index is 10.3. The first kappa shape index (κ1) is 19.1. The lowest BCUT2D eigenvalue weighted by molar-refractivity contribution is -0.384. The number of hydrogen-bond acceptors (Lipinski definition) is 4. The second-order valence-electron chi connectivity index (χ2n) is 5.56. The van der Waals surface area contributed by atoms with Crippen molar-refractivity contribution in [2.45, 2.75) is 46.1 Å². The van der Waals surface area contributed by atoms with E-state index in [0.717, 1.165) is 25.0 Å². The molecule has 6 nitrogen and oxygen atoms in total. The molecule has 0 saturated carbocycles. The van der Waals surface area contributed by atoms with Crippen LogP contribution >= 0.6 is 0 Å². The number of hydrogen-bond donors (Lipinski definition) is 2. The Hall–Kier alpha value is -1.95. The lowest BCUT2D eigenvalue weighted by Crippen LogP contribution is -2.24. The first-order valence-electron chi connectivity index (χ1n) is 6.79. The molecule has 2 N–H and O–H groups in total. The molecule has 1 aromatic carbocycles. The van der Waals surface area contributed by atoms with Crippen LogP contribution in [-0.2, 0) is 0 Å². The number of benzene rings is 1. The second kappa shape index (κ2) is 8.36. The van der Waals surface area contributed by atoms with Gasteiger partial charge in [-0.25, -0.2) is 4.79 Å². The second-order valence-corrected chi connectivity index (χ2v) is 5.56. The van der Waals surface area contributed by atoms with Crippen LogP contribution in [0.2, 0.25) is 0 Å². The molecule has 0 radical (unpaired) electrons. The molecular formula is C15H23NO5. The fourth-order valence-electron chi connectivity index (χ4n) is 1.75. The Kier molecular flexibility index (Phi) is 7.59. The standard InChI is InChI=1S/C8H18O.C7H5NO4/c1-5-8(4,9)6-7(2)3;9-7(10)5-1-3-6(4-2-5)8(11)12/h7,9H,5-6H2,1-4H3;1-4H,(H,9,10). The molecule has 0 aliphatic carbocycles. The number of carboxylic acid groups (broad SMARTS) is 1. The molecule has 1 atom stereocenters. The molecule has 0 aliphatic rings. The van der Waals surface area contributed by atoms with E-state index in [-0.39, 0.29) is 11.3 Å². The minimum atomic E-state index is -1.09. The number of aromatic carboxylic acids is 1. The van der Waals surface area contributed by atoms with Crippen molar-refractivity contribution in [3.63, 3.8) is 0 Å². The van der Waals surface area contributed by atoms with Gasteiger partial charge in [-0.05, 0) is 37.8 Å². The van der Waals surface area contributed by atoms with E-state index in [1.807, 2.05) is 13.8 Å². The highest BCUT2D eigenvalue weighted by atomic mass is 16.6. The van der Waals surface area contributed by atoms with Crippen LogP contribution in [0.1, 0.15) is 50.9 Å². The zero-order valence-corrected chi connectivity index (χ0v) is 12.9. The summed E-state index contributed by atoms with van der Waals surface area (Å²) in [4.78, 5) is 19.9. The quantitative estimate of drug-likeness (QED) is 0.640. The van der Waals surface area contributed by atoms with Gasteiger partial charge in [-0.2, -0.15) is 0 Å². The van der Waals surface area contributed by atoms with Crippen LogP contribution in [0.15, 0.2) is 24.3 Å². The number of nitro benzene ring substituents is 1. The third kappa shape index (κ3) is 8.04. The lowest BCUT2D eigenvalue weighted by atomic mass is 9.92. The highest BCUT2D eigenvalue weighted by Gasteiger charge is 2.18. The van der Waals surface area contributed by atoms with E-state index < -0.39 is 16.5 Å². The Morgan fingerprint density at radius 3 is 2.05 bits per heavy atom. The summed E-state index contributed by atoms with van der Waals surface area (Å²) in [7, 11) is 0. The van der Waals surface area contributed by atoms with Gasteiger partial charge in [0, 0.05) is 12.1 Å². The van der Waals surface area contributed by atoms with E-state index in [9.17, 15) is 20.0 Å². The van der Waals surface area contributed by atoms with Crippen molar-refractivity contribution >= 4 is 11.7 Å². The van der Waals surface area contributed by atoms with Gasteiger partial charge in [0.05, 0.1) is 16.1 Å². The predicted octanol–water partition coefficient (Wildman–Crippen LogP) is 3.49. The maximum absolute atomic E-state index is 10.3. The Labute approximate surface area is 124 Å². The highest BCUT2D eigenvalue weighted by Crippen LogP contribution is 2.18. The van der Waals surface area contributed by atoms with Gasteiger partial charge in [-0.1, -0.05) is 20.8 Å². The Bertz CT molecular complexity index is 432. The zero-order valence-electron chi connectivity index (χ0n) is 12.9. The van der Waals surface area contributed by atoms with Gasteiger partial charge in [0.2, 0.25) is 0 Å². The summed E-state index contributed by atoms with van der Waals surface area (Å²) in [6.45, 7) is 8.17. The third-order valence-electron chi connectivity index (χ3n) is 2.93. The van der Waals surface area contributed by atoms with Crippen LogP contribution in [0.5, 0.6) is 0 Å². The Morgan fingerprint density at radius 1 is 1.33 bits per heavy atom. The minimum absolute atomic E-state index is 0.0422. The molecule has 0 saturated heterocycles. The SMILES string of the molecule is CCC(C)(O)CC(C)C.O=C(O)c1ccc([N+](=O)[O-])cc1. The van der Waals surface area contributed by atoms with Crippen molar-refractivity contribution in [2.24, 2.45) is 5.92 Å². The van der Waals surface area contributed by atoms with E-state index in [1.165, 1.54) is 12.1 Å². The van der Waals surface area contributed by atoms with E-state index in [1.54, 1.807) is 0 Å². The molecule has 1 unspecified atom stereocenters. The van der Waals surface area contributed by atoms with E-state index in [2.05, 4.69) is 13.8 Å². The van der Waals surface area contributed by atoms with Crippen LogP contribution in [-0.4, -0.2) is 26.7 Å². The predicted molar refractivity (Wildman–Crippen MR) is 80.4 cm³/mol. The molecular weight excluding hydrogens is 274 g/mol. The van der Waals surface area contributed by atoms with Crippen LogP contribution in [0, 0.1) is 16.0 Å². The average molecular weight is 297 g/mol.